The van der Waals surface area contributed by atoms with Crippen LogP contribution in [0.3, 0.4) is 0 Å². The number of nitrogens with one attached hydrogen (secondary N) is 1. The quantitative estimate of drug-likeness (QED) is 0.474. The van der Waals surface area contributed by atoms with Gasteiger partial charge in [0.05, 0.1) is 4.90 Å². The van der Waals surface area contributed by atoms with Crippen LogP contribution in [0.4, 0.5) is 10.1 Å². The largest absolute Gasteiger partial charge is 0.287 e. The van der Waals surface area contributed by atoms with E-state index in [9.17, 15) is 18.0 Å². The van der Waals surface area contributed by atoms with Crippen LogP contribution in [0.5, 0.6) is 0 Å². The van der Waals surface area contributed by atoms with E-state index in [1.54, 1.807) is 26.0 Å². The summed E-state index contributed by atoms with van der Waals surface area (Å²) < 4.78 is 39.9. The van der Waals surface area contributed by atoms with Crippen molar-refractivity contribution in [3.05, 3.63) is 59.9 Å². The monoisotopic (exact) mass is 392 g/mol. The molecule has 0 aliphatic heterocycles. The van der Waals surface area contributed by atoms with Gasteiger partial charge in [-0.15, -0.1) is 0 Å². The van der Waals surface area contributed by atoms with E-state index in [-0.39, 0.29) is 10.6 Å². The van der Waals surface area contributed by atoms with Crippen molar-refractivity contribution < 1.29 is 18.0 Å². The summed E-state index contributed by atoms with van der Waals surface area (Å²) >= 11 is 4.86. The minimum Gasteiger partial charge on any atom is -0.287 e. The molecule has 0 aliphatic carbocycles. The van der Waals surface area contributed by atoms with Crippen molar-refractivity contribution >= 4 is 32.9 Å². The van der Waals surface area contributed by atoms with Crippen molar-refractivity contribution in [1.82, 2.24) is 5.06 Å². The van der Waals surface area contributed by atoms with Gasteiger partial charge in [0.15, 0.2) is 0 Å². The van der Waals surface area contributed by atoms with Gasteiger partial charge in [-0.1, -0.05) is 24.1 Å². The molecule has 0 amide bonds. The molecular weight excluding hydrogens is 375 g/mol. The number of halogens is 1. The summed E-state index contributed by atoms with van der Waals surface area (Å²) in [6.07, 6.45) is 0. The van der Waals surface area contributed by atoms with Gasteiger partial charge in [-0.3, -0.25) is 9.93 Å². The molecule has 0 fully saturated rings. The highest BCUT2D eigenvalue weighted by Crippen LogP contribution is 2.17. The Morgan fingerprint density at radius 3 is 2.31 bits per heavy atom. The zero-order valence-electron chi connectivity index (χ0n) is 14.1. The summed E-state index contributed by atoms with van der Waals surface area (Å²) in [6.45, 7) is 3.27. The van der Waals surface area contributed by atoms with Crippen LogP contribution in [0.1, 0.15) is 19.4 Å². The van der Waals surface area contributed by atoms with Gasteiger partial charge in [-0.25, -0.2) is 17.9 Å². The lowest BCUT2D eigenvalue weighted by molar-refractivity contribution is -0.0279. The average Bonchev–Trinajstić information content (AvgIpc) is 2.61. The van der Waals surface area contributed by atoms with Crippen LogP contribution >= 0.6 is 12.2 Å². The highest BCUT2D eigenvalue weighted by Gasteiger charge is 2.14. The summed E-state index contributed by atoms with van der Waals surface area (Å²) in [7, 11) is -3.78. The first-order chi connectivity index (χ1) is 12.2. The molecule has 0 bridgehead atoms. The Bertz CT molecular complexity index is 947. The Balaban J connectivity index is 2.13. The van der Waals surface area contributed by atoms with Crippen LogP contribution < -0.4 is 4.72 Å². The topological polar surface area (TPSA) is 69.6 Å². The van der Waals surface area contributed by atoms with Crippen molar-refractivity contribution in [2.24, 2.45) is 0 Å². The Morgan fingerprint density at radius 1 is 1.19 bits per heavy atom. The van der Waals surface area contributed by atoms with E-state index in [4.69, 9.17) is 12.2 Å². The second kappa shape index (κ2) is 8.27. The molecule has 2 rings (SSSR count). The van der Waals surface area contributed by atoms with E-state index in [1.807, 2.05) is 0 Å². The smallest absolute Gasteiger partial charge is 0.261 e. The molecule has 0 radical (unpaired) electrons. The van der Waals surface area contributed by atoms with Gasteiger partial charge in [-0.2, -0.15) is 0 Å². The highest BCUT2D eigenvalue weighted by molar-refractivity contribution is 7.92. The number of anilines is 1. The van der Waals surface area contributed by atoms with Crippen LogP contribution in [0.15, 0.2) is 53.4 Å². The van der Waals surface area contributed by atoms with E-state index in [1.165, 1.54) is 36.4 Å². The first-order valence-corrected chi connectivity index (χ1v) is 9.47. The fourth-order valence-electron chi connectivity index (χ4n) is 1.97. The average molecular weight is 392 g/mol. The molecule has 2 aromatic rings. The molecule has 5 nitrogen and oxygen atoms in total. The molecule has 0 saturated heterocycles. The SMILES string of the molecule is CC(=S)N(O)C(C)C#Cc1ccc(S(=O)(=O)Nc2ccc(F)cc2)cc1. The predicted octanol–water partition coefficient (Wildman–Crippen LogP) is 3.41. The first-order valence-electron chi connectivity index (χ1n) is 7.58. The molecule has 1 atom stereocenters. The normalized spacial score (nSPS) is 11.8. The van der Waals surface area contributed by atoms with Gasteiger partial charge in [-0.05, 0) is 62.4 Å². The van der Waals surface area contributed by atoms with Crippen molar-refractivity contribution in [2.45, 2.75) is 24.8 Å². The third-order valence-corrected chi connectivity index (χ3v) is 4.96. The van der Waals surface area contributed by atoms with E-state index >= 15 is 0 Å². The number of hydroxylamine groups is 2. The Labute approximate surface area is 157 Å². The number of rotatable bonds is 4. The maximum absolute atomic E-state index is 12.9. The fourth-order valence-corrected chi connectivity index (χ4v) is 3.19. The maximum atomic E-state index is 12.9. The van der Waals surface area contributed by atoms with Crippen molar-refractivity contribution in [1.29, 1.82) is 0 Å². The number of hydrogen-bond acceptors (Lipinski definition) is 4. The summed E-state index contributed by atoms with van der Waals surface area (Å²) in [5.41, 5.74) is 0.857. The van der Waals surface area contributed by atoms with E-state index in [0.717, 1.165) is 5.06 Å². The predicted molar refractivity (Wildman–Crippen MR) is 102 cm³/mol. The molecule has 0 heterocycles. The Hall–Kier alpha value is -2.47. The van der Waals surface area contributed by atoms with Gasteiger partial charge in [0.2, 0.25) is 0 Å². The minimum absolute atomic E-state index is 0.0546. The lowest BCUT2D eigenvalue weighted by Crippen LogP contribution is -2.31. The lowest BCUT2D eigenvalue weighted by Gasteiger charge is -2.17. The molecular formula is C18H17FN2O3S2. The molecule has 0 spiro atoms. The van der Waals surface area contributed by atoms with Gasteiger partial charge in [0.1, 0.15) is 16.8 Å². The number of benzene rings is 2. The van der Waals surface area contributed by atoms with Gasteiger partial charge in [0.25, 0.3) is 10.0 Å². The van der Waals surface area contributed by atoms with Gasteiger partial charge >= 0.3 is 0 Å². The van der Waals surface area contributed by atoms with Crippen molar-refractivity contribution in [3.63, 3.8) is 0 Å². The fraction of sp³-hybridized carbons (Fsp3) is 0.167. The van der Waals surface area contributed by atoms with Gasteiger partial charge < -0.3 is 0 Å². The summed E-state index contributed by atoms with van der Waals surface area (Å²) in [5.74, 6) is 5.22. The van der Waals surface area contributed by atoms with Crippen LogP contribution in [0, 0.1) is 17.7 Å². The summed E-state index contributed by atoms with van der Waals surface area (Å²) in [6, 6.07) is 10.5. The molecule has 1 unspecified atom stereocenters. The summed E-state index contributed by atoms with van der Waals surface area (Å²) in [4.78, 5) is 0.360. The van der Waals surface area contributed by atoms with E-state index < -0.39 is 21.9 Å². The Morgan fingerprint density at radius 2 is 1.77 bits per heavy atom. The lowest BCUT2D eigenvalue weighted by atomic mass is 10.2. The van der Waals surface area contributed by atoms with Crippen LogP contribution in [0.25, 0.3) is 0 Å². The maximum Gasteiger partial charge on any atom is 0.261 e. The van der Waals surface area contributed by atoms with E-state index in [2.05, 4.69) is 16.6 Å². The van der Waals surface area contributed by atoms with Crippen LogP contribution in [-0.2, 0) is 10.0 Å². The molecule has 2 aromatic carbocycles. The number of thiocarbonyl (C=S) groups is 1. The van der Waals surface area contributed by atoms with E-state index in [0.29, 0.717) is 10.6 Å². The molecule has 8 heteroatoms. The molecule has 26 heavy (non-hydrogen) atoms. The minimum atomic E-state index is -3.78. The molecule has 0 aliphatic rings. The highest BCUT2D eigenvalue weighted by atomic mass is 32.2. The van der Waals surface area contributed by atoms with Crippen LogP contribution in [0.2, 0.25) is 0 Å². The Kier molecular flexibility index (Phi) is 6.32. The van der Waals surface area contributed by atoms with Crippen molar-refractivity contribution in [3.8, 4) is 11.8 Å². The van der Waals surface area contributed by atoms with Gasteiger partial charge in [0, 0.05) is 11.3 Å². The number of hydrogen-bond donors (Lipinski definition) is 2. The summed E-state index contributed by atoms with van der Waals surface area (Å²) in [5, 5.41) is 10.5. The molecule has 136 valence electrons. The number of nitrogens with zero attached hydrogens (tertiary/aromatic N) is 1. The molecule has 0 aromatic heterocycles. The number of sulfonamides is 1. The molecule has 2 N–H and O–H groups in total. The zero-order chi connectivity index (χ0) is 19.3. The van der Waals surface area contributed by atoms with Crippen molar-refractivity contribution in [2.75, 3.05) is 4.72 Å². The second-order valence-corrected chi connectivity index (χ2v) is 7.72. The standard InChI is InChI=1S/C18H17FN2O3S2/c1-13(21(22)14(2)25)3-4-15-5-11-18(12-6-15)26(23,24)20-17-9-7-16(19)8-10-17/h5-13,20,22H,1-2H3. The first kappa shape index (κ1) is 19.8. The zero-order valence-corrected chi connectivity index (χ0v) is 15.7. The third-order valence-electron chi connectivity index (χ3n) is 3.38. The molecule has 0 saturated carbocycles. The second-order valence-electron chi connectivity index (χ2n) is 5.45. The van der Waals surface area contributed by atoms with Crippen LogP contribution in [-0.4, -0.2) is 29.7 Å². The third kappa shape index (κ3) is 5.26.